The van der Waals surface area contributed by atoms with Crippen LogP contribution in [-0.4, -0.2) is 34.2 Å². The molecule has 2 heterocycles. The quantitative estimate of drug-likeness (QED) is 0.894. The first-order chi connectivity index (χ1) is 9.90. The van der Waals surface area contributed by atoms with E-state index in [9.17, 15) is 9.59 Å². The van der Waals surface area contributed by atoms with Gasteiger partial charge in [0, 0.05) is 19.0 Å². The summed E-state index contributed by atoms with van der Waals surface area (Å²) < 4.78 is 1.80. The summed E-state index contributed by atoms with van der Waals surface area (Å²) in [5, 5.41) is 7.26. The molecule has 6 nitrogen and oxygen atoms in total. The minimum atomic E-state index is -0.514. The van der Waals surface area contributed by atoms with Gasteiger partial charge in [-0.1, -0.05) is 13.8 Å². The molecule has 21 heavy (non-hydrogen) atoms. The van der Waals surface area contributed by atoms with Gasteiger partial charge in [0.25, 0.3) is 0 Å². The average Bonchev–Trinajstić information content (AvgIpc) is 2.77. The minimum Gasteiger partial charge on any atom is -0.354 e. The number of nitrogens with one attached hydrogen (secondary N) is 1. The van der Waals surface area contributed by atoms with Gasteiger partial charge in [-0.15, -0.1) is 0 Å². The summed E-state index contributed by atoms with van der Waals surface area (Å²) in [6.07, 6.45) is 1.32. The van der Waals surface area contributed by atoms with E-state index < -0.39 is 6.04 Å². The largest absolute Gasteiger partial charge is 0.354 e. The fraction of sp³-hybridized carbons (Fsp3) is 0.667. The van der Waals surface area contributed by atoms with Crippen molar-refractivity contribution in [2.45, 2.75) is 53.1 Å². The van der Waals surface area contributed by atoms with Crippen molar-refractivity contribution < 1.29 is 9.59 Å². The van der Waals surface area contributed by atoms with E-state index in [0.717, 1.165) is 17.9 Å². The standard InChI is InChI=1S/C15H24N4O2/c1-10(2)5-7-16-15(21)12(4)19-13-9-11(3)17-18(13)8-6-14(19)20/h9-10,12H,5-8H2,1-4H3,(H,16,21). The van der Waals surface area contributed by atoms with Crippen molar-refractivity contribution in [1.82, 2.24) is 15.1 Å². The lowest BCUT2D eigenvalue weighted by atomic mass is 10.1. The Bertz CT molecular complexity index is 536. The van der Waals surface area contributed by atoms with Crippen LogP contribution in [0.2, 0.25) is 0 Å². The number of aryl methyl sites for hydroxylation is 2. The van der Waals surface area contributed by atoms with Crippen molar-refractivity contribution in [2.75, 3.05) is 11.4 Å². The highest BCUT2D eigenvalue weighted by atomic mass is 16.2. The van der Waals surface area contributed by atoms with Crippen LogP contribution in [0.5, 0.6) is 0 Å². The molecule has 1 aliphatic rings. The van der Waals surface area contributed by atoms with E-state index in [1.54, 1.807) is 16.5 Å². The lowest BCUT2D eigenvalue weighted by molar-refractivity contribution is -0.126. The Morgan fingerprint density at radius 2 is 2.14 bits per heavy atom. The fourth-order valence-corrected chi connectivity index (χ4v) is 2.50. The summed E-state index contributed by atoms with van der Waals surface area (Å²) in [5.74, 6) is 1.13. The molecule has 1 aromatic heterocycles. The molecule has 0 saturated heterocycles. The highest BCUT2D eigenvalue weighted by molar-refractivity contribution is 6.00. The molecule has 1 atom stereocenters. The Kier molecular flexibility index (Phi) is 4.65. The fourth-order valence-electron chi connectivity index (χ4n) is 2.50. The van der Waals surface area contributed by atoms with Crippen LogP contribution in [0.4, 0.5) is 5.82 Å². The second-order valence-electron chi connectivity index (χ2n) is 6.03. The Hall–Kier alpha value is -1.85. The first kappa shape index (κ1) is 15.5. The molecule has 1 N–H and O–H groups in total. The molecule has 0 radical (unpaired) electrons. The zero-order valence-corrected chi connectivity index (χ0v) is 13.2. The number of carbonyl (C=O) groups excluding carboxylic acids is 2. The number of carbonyl (C=O) groups is 2. The number of aromatic nitrogens is 2. The van der Waals surface area contributed by atoms with Gasteiger partial charge in [-0.3, -0.25) is 14.5 Å². The summed E-state index contributed by atoms with van der Waals surface area (Å²) in [4.78, 5) is 26.0. The second kappa shape index (κ2) is 6.28. The van der Waals surface area contributed by atoms with Crippen molar-refractivity contribution in [1.29, 1.82) is 0 Å². The highest BCUT2D eigenvalue weighted by Crippen LogP contribution is 2.24. The lowest BCUT2D eigenvalue weighted by Crippen LogP contribution is -2.51. The average molecular weight is 292 g/mol. The molecule has 1 unspecified atom stereocenters. The molecular formula is C15H24N4O2. The summed E-state index contributed by atoms with van der Waals surface area (Å²) >= 11 is 0. The number of amides is 2. The zero-order chi connectivity index (χ0) is 15.6. The summed E-state index contributed by atoms with van der Waals surface area (Å²) in [6, 6.07) is 1.34. The van der Waals surface area contributed by atoms with Gasteiger partial charge in [-0.05, 0) is 26.2 Å². The van der Waals surface area contributed by atoms with Gasteiger partial charge in [0.15, 0.2) is 0 Å². The van der Waals surface area contributed by atoms with Crippen LogP contribution >= 0.6 is 0 Å². The smallest absolute Gasteiger partial charge is 0.242 e. The van der Waals surface area contributed by atoms with Crippen LogP contribution in [0, 0.1) is 12.8 Å². The van der Waals surface area contributed by atoms with Gasteiger partial charge in [-0.25, -0.2) is 4.68 Å². The maximum absolute atomic E-state index is 12.3. The van der Waals surface area contributed by atoms with E-state index in [1.807, 2.05) is 13.0 Å². The SMILES string of the molecule is Cc1cc2n(n1)CCC(=O)N2C(C)C(=O)NCCC(C)C. The molecule has 2 amide bonds. The molecular weight excluding hydrogens is 268 g/mol. The molecule has 6 heteroatoms. The summed E-state index contributed by atoms with van der Waals surface area (Å²) in [6.45, 7) is 9.11. The highest BCUT2D eigenvalue weighted by Gasteiger charge is 2.32. The van der Waals surface area contributed by atoms with Crippen LogP contribution in [-0.2, 0) is 16.1 Å². The van der Waals surface area contributed by atoms with E-state index >= 15 is 0 Å². The van der Waals surface area contributed by atoms with Crippen LogP contribution in [0.3, 0.4) is 0 Å². The molecule has 0 spiro atoms. The van der Waals surface area contributed by atoms with Crippen LogP contribution in [0.1, 0.15) is 39.3 Å². The normalized spacial score (nSPS) is 16.0. The Balaban J connectivity index is 2.09. The number of hydrogen-bond donors (Lipinski definition) is 1. The maximum Gasteiger partial charge on any atom is 0.242 e. The minimum absolute atomic E-state index is 0.0195. The van der Waals surface area contributed by atoms with Gasteiger partial charge >= 0.3 is 0 Å². The molecule has 116 valence electrons. The van der Waals surface area contributed by atoms with Crippen LogP contribution < -0.4 is 10.2 Å². The predicted octanol–water partition coefficient (Wildman–Crippen LogP) is 1.48. The molecule has 0 aromatic carbocycles. The number of fused-ring (bicyclic) bond motifs is 1. The first-order valence-corrected chi connectivity index (χ1v) is 7.54. The summed E-state index contributed by atoms with van der Waals surface area (Å²) in [7, 11) is 0. The van der Waals surface area contributed by atoms with Crippen LogP contribution in [0.25, 0.3) is 0 Å². The number of nitrogens with zero attached hydrogens (tertiary/aromatic N) is 3. The number of rotatable bonds is 5. The Morgan fingerprint density at radius 3 is 2.81 bits per heavy atom. The third kappa shape index (κ3) is 3.43. The van der Waals surface area contributed by atoms with E-state index in [-0.39, 0.29) is 11.8 Å². The third-order valence-corrected chi connectivity index (χ3v) is 3.72. The van der Waals surface area contributed by atoms with E-state index in [2.05, 4.69) is 24.3 Å². The molecule has 0 saturated carbocycles. The van der Waals surface area contributed by atoms with Crippen molar-refractivity contribution >= 4 is 17.6 Å². The number of anilines is 1. The lowest BCUT2D eigenvalue weighted by Gasteiger charge is -2.31. The van der Waals surface area contributed by atoms with E-state index in [0.29, 0.717) is 25.4 Å². The molecule has 2 rings (SSSR count). The Labute approximate surface area is 125 Å². The van der Waals surface area contributed by atoms with Gasteiger partial charge in [-0.2, -0.15) is 5.10 Å². The predicted molar refractivity (Wildman–Crippen MR) is 81.0 cm³/mol. The van der Waals surface area contributed by atoms with E-state index in [1.165, 1.54) is 0 Å². The van der Waals surface area contributed by atoms with Gasteiger partial charge in [0.1, 0.15) is 11.9 Å². The van der Waals surface area contributed by atoms with Crippen LogP contribution in [0.15, 0.2) is 6.07 Å². The molecule has 0 bridgehead atoms. The maximum atomic E-state index is 12.3. The van der Waals surface area contributed by atoms with E-state index in [4.69, 9.17) is 0 Å². The molecule has 0 fully saturated rings. The molecule has 1 aromatic rings. The first-order valence-electron chi connectivity index (χ1n) is 7.54. The third-order valence-electron chi connectivity index (χ3n) is 3.72. The van der Waals surface area contributed by atoms with Crippen molar-refractivity contribution in [3.8, 4) is 0 Å². The molecule has 1 aliphatic heterocycles. The van der Waals surface area contributed by atoms with Gasteiger partial charge in [0.2, 0.25) is 11.8 Å². The molecule has 0 aliphatic carbocycles. The van der Waals surface area contributed by atoms with Crippen molar-refractivity contribution in [3.63, 3.8) is 0 Å². The topological polar surface area (TPSA) is 67.2 Å². The van der Waals surface area contributed by atoms with Gasteiger partial charge in [0.05, 0.1) is 12.2 Å². The Morgan fingerprint density at radius 1 is 1.43 bits per heavy atom. The zero-order valence-electron chi connectivity index (χ0n) is 13.2. The van der Waals surface area contributed by atoms with Gasteiger partial charge < -0.3 is 5.32 Å². The van der Waals surface area contributed by atoms with Crippen molar-refractivity contribution in [3.05, 3.63) is 11.8 Å². The van der Waals surface area contributed by atoms with Crippen molar-refractivity contribution in [2.24, 2.45) is 5.92 Å². The monoisotopic (exact) mass is 292 g/mol. The summed E-state index contributed by atoms with van der Waals surface area (Å²) in [5.41, 5.74) is 0.858. The number of hydrogen-bond acceptors (Lipinski definition) is 3. The second-order valence-corrected chi connectivity index (χ2v) is 6.03.